The van der Waals surface area contributed by atoms with Gasteiger partial charge in [-0.3, -0.25) is 4.79 Å². The monoisotopic (exact) mass is 346 g/mol. The molecule has 0 aromatic carbocycles. The maximum absolute atomic E-state index is 12.7. The number of amides is 1. The number of nitrogens with zero attached hydrogens (tertiary/aromatic N) is 3. The van der Waals surface area contributed by atoms with Crippen LogP contribution in [-0.2, 0) is 11.3 Å². The molecule has 0 saturated heterocycles. The summed E-state index contributed by atoms with van der Waals surface area (Å²) in [6, 6.07) is 1.78. The fourth-order valence-corrected chi connectivity index (χ4v) is 5.58. The average Bonchev–Trinajstić information content (AvgIpc) is 2.91. The van der Waals surface area contributed by atoms with E-state index in [9.17, 15) is 14.9 Å². The van der Waals surface area contributed by atoms with E-state index in [1.165, 1.54) is 38.2 Å². The Morgan fingerprint density at radius 1 is 1.32 bits per heavy atom. The maximum Gasteiger partial charge on any atom is 0.390 e. The number of aryl methyl sites for hydroxylation is 1. The van der Waals surface area contributed by atoms with E-state index in [1.807, 2.05) is 6.92 Å². The second-order valence-electron chi connectivity index (χ2n) is 8.45. The van der Waals surface area contributed by atoms with E-state index in [2.05, 4.69) is 10.4 Å². The predicted octanol–water partition coefficient (Wildman–Crippen LogP) is 2.68. The van der Waals surface area contributed by atoms with Crippen LogP contribution < -0.4 is 5.32 Å². The quantitative estimate of drug-likeness (QED) is 0.655. The first-order valence-electron chi connectivity index (χ1n) is 9.40. The van der Waals surface area contributed by atoms with Crippen molar-refractivity contribution >= 4 is 11.7 Å². The number of aromatic nitrogens is 2. The Kier molecular flexibility index (Phi) is 4.04. The third-order valence-corrected chi connectivity index (χ3v) is 6.59. The molecule has 4 aliphatic carbocycles. The number of nitro groups is 1. The highest BCUT2D eigenvalue weighted by molar-refractivity contribution is 5.78. The maximum atomic E-state index is 12.7. The first-order chi connectivity index (χ1) is 11.9. The van der Waals surface area contributed by atoms with Gasteiger partial charge in [0.15, 0.2) is 0 Å². The van der Waals surface area contributed by atoms with Gasteiger partial charge in [0.1, 0.15) is 0 Å². The highest BCUT2D eigenvalue weighted by Crippen LogP contribution is 2.53. The molecule has 0 spiro atoms. The fourth-order valence-electron chi connectivity index (χ4n) is 5.58. The fraction of sp³-hybridized carbons (Fsp3) is 0.778. The molecule has 4 bridgehead atoms. The van der Waals surface area contributed by atoms with Crippen molar-refractivity contribution in [3.05, 3.63) is 21.9 Å². The average molecular weight is 346 g/mol. The first kappa shape index (κ1) is 16.5. The van der Waals surface area contributed by atoms with Crippen molar-refractivity contribution in [3.63, 3.8) is 0 Å². The molecule has 4 fully saturated rings. The highest BCUT2D eigenvalue weighted by atomic mass is 16.6. The van der Waals surface area contributed by atoms with Crippen LogP contribution in [0.1, 0.15) is 44.7 Å². The molecule has 1 N–H and O–H groups in total. The molecule has 1 aromatic heterocycles. The van der Waals surface area contributed by atoms with Crippen LogP contribution in [-0.4, -0.2) is 26.7 Å². The minimum Gasteiger partial charge on any atom is -0.358 e. The van der Waals surface area contributed by atoms with E-state index < -0.39 is 4.92 Å². The summed E-state index contributed by atoms with van der Waals surface area (Å²) in [4.78, 5) is 23.0. The van der Waals surface area contributed by atoms with Crippen LogP contribution in [0.4, 0.5) is 5.82 Å². The largest absolute Gasteiger partial charge is 0.390 e. The Hall–Kier alpha value is -1.92. The van der Waals surface area contributed by atoms with Gasteiger partial charge in [-0.2, -0.15) is 4.68 Å². The summed E-state index contributed by atoms with van der Waals surface area (Å²) in [5.41, 5.74) is 0.709. The van der Waals surface area contributed by atoms with Gasteiger partial charge in [0, 0.05) is 6.04 Å². The molecule has 0 aliphatic heterocycles. The lowest BCUT2D eigenvalue weighted by molar-refractivity contribution is -0.389. The Labute approximate surface area is 147 Å². The third-order valence-electron chi connectivity index (χ3n) is 6.59. The Bertz CT molecular complexity index is 670. The summed E-state index contributed by atoms with van der Waals surface area (Å²) >= 11 is 0. The SMILES string of the molecule is Cc1cc([N+](=O)[O-])nn1CC(C)C(=O)NC1C2CC3CC(C2)CC1C3. The summed E-state index contributed by atoms with van der Waals surface area (Å²) in [7, 11) is 0. The van der Waals surface area contributed by atoms with Crippen molar-refractivity contribution in [1.29, 1.82) is 0 Å². The zero-order valence-electron chi connectivity index (χ0n) is 14.9. The number of nitrogens with one attached hydrogen (secondary N) is 1. The van der Waals surface area contributed by atoms with Gasteiger partial charge in [0.2, 0.25) is 5.91 Å². The van der Waals surface area contributed by atoms with E-state index in [0.717, 1.165) is 11.8 Å². The van der Waals surface area contributed by atoms with Crippen molar-refractivity contribution < 1.29 is 9.72 Å². The molecule has 1 unspecified atom stereocenters. The second-order valence-corrected chi connectivity index (χ2v) is 8.45. The molecule has 1 atom stereocenters. The van der Waals surface area contributed by atoms with Crippen LogP contribution >= 0.6 is 0 Å². The second kappa shape index (κ2) is 6.11. The molecular weight excluding hydrogens is 320 g/mol. The Morgan fingerprint density at radius 2 is 1.92 bits per heavy atom. The predicted molar refractivity (Wildman–Crippen MR) is 91.8 cm³/mol. The van der Waals surface area contributed by atoms with Crippen LogP contribution in [0, 0.1) is 46.6 Å². The summed E-state index contributed by atoms with van der Waals surface area (Å²) in [6.07, 6.45) is 6.50. The van der Waals surface area contributed by atoms with E-state index in [1.54, 1.807) is 11.6 Å². The first-order valence-corrected chi connectivity index (χ1v) is 9.40. The van der Waals surface area contributed by atoms with Gasteiger partial charge in [-0.05, 0) is 67.6 Å². The van der Waals surface area contributed by atoms with E-state index in [0.29, 0.717) is 30.1 Å². The normalized spacial score (nSPS) is 34.1. The zero-order valence-corrected chi connectivity index (χ0v) is 14.9. The number of hydrogen-bond acceptors (Lipinski definition) is 4. The van der Waals surface area contributed by atoms with E-state index in [4.69, 9.17) is 0 Å². The Balaban J connectivity index is 1.39. The Morgan fingerprint density at radius 3 is 2.44 bits per heavy atom. The van der Waals surface area contributed by atoms with Gasteiger partial charge in [-0.1, -0.05) is 6.92 Å². The molecule has 136 valence electrons. The molecule has 4 aliphatic rings. The van der Waals surface area contributed by atoms with Crippen LogP contribution in [0.25, 0.3) is 0 Å². The molecular formula is C18H26N4O3. The molecule has 1 aromatic rings. The van der Waals surface area contributed by atoms with Gasteiger partial charge in [-0.15, -0.1) is 0 Å². The van der Waals surface area contributed by atoms with Gasteiger partial charge >= 0.3 is 5.82 Å². The summed E-state index contributed by atoms with van der Waals surface area (Å²) in [6.45, 7) is 4.03. The molecule has 1 heterocycles. The van der Waals surface area contributed by atoms with Crippen molar-refractivity contribution in [1.82, 2.24) is 15.1 Å². The molecule has 25 heavy (non-hydrogen) atoms. The van der Waals surface area contributed by atoms with Crippen molar-refractivity contribution in [2.45, 2.75) is 58.5 Å². The molecule has 7 heteroatoms. The lowest BCUT2D eigenvalue weighted by atomic mass is 9.54. The van der Waals surface area contributed by atoms with Crippen molar-refractivity contribution in [2.24, 2.45) is 29.6 Å². The van der Waals surface area contributed by atoms with Gasteiger partial charge in [-0.25, -0.2) is 0 Å². The van der Waals surface area contributed by atoms with Crippen LogP contribution in [0.2, 0.25) is 0 Å². The smallest absolute Gasteiger partial charge is 0.358 e. The topological polar surface area (TPSA) is 90.1 Å². The number of carbonyl (C=O) groups excluding carboxylic acids is 1. The molecule has 5 rings (SSSR count). The van der Waals surface area contributed by atoms with Crippen LogP contribution in [0.15, 0.2) is 6.07 Å². The van der Waals surface area contributed by atoms with Gasteiger partial charge in [0.05, 0.1) is 29.3 Å². The van der Waals surface area contributed by atoms with E-state index in [-0.39, 0.29) is 17.6 Å². The zero-order chi connectivity index (χ0) is 17.7. The minimum atomic E-state index is -0.497. The van der Waals surface area contributed by atoms with Crippen molar-refractivity contribution in [2.75, 3.05) is 0 Å². The standard InChI is InChI=1S/C18H26N4O3/c1-10(9-21-11(2)3-16(20-21)22(24)25)18(23)19-17-14-5-12-4-13(7-14)8-15(17)6-12/h3,10,12-15,17H,4-9H2,1-2H3,(H,19,23). The highest BCUT2D eigenvalue weighted by Gasteiger charge is 2.48. The number of carbonyl (C=O) groups is 1. The lowest BCUT2D eigenvalue weighted by Crippen LogP contribution is -2.56. The molecule has 1 amide bonds. The van der Waals surface area contributed by atoms with E-state index >= 15 is 0 Å². The lowest BCUT2D eigenvalue weighted by Gasteiger charge is -2.54. The van der Waals surface area contributed by atoms with Gasteiger partial charge in [0.25, 0.3) is 0 Å². The van der Waals surface area contributed by atoms with Gasteiger partial charge < -0.3 is 15.4 Å². The number of rotatable bonds is 5. The minimum absolute atomic E-state index is 0.0510. The molecule has 4 saturated carbocycles. The summed E-state index contributed by atoms with van der Waals surface area (Å²) in [5, 5.41) is 18.1. The third kappa shape index (κ3) is 3.04. The summed E-state index contributed by atoms with van der Waals surface area (Å²) < 4.78 is 1.57. The molecule has 7 nitrogen and oxygen atoms in total. The molecule has 0 radical (unpaired) electrons. The summed E-state index contributed by atoms with van der Waals surface area (Å²) in [5.74, 6) is 2.72. The number of hydrogen-bond donors (Lipinski definition) is 1. The van der Waals surface area contributed by atoms with Crippen LogP contribution in [0.5, 0.6) is 0 Å². The van der Waals surface area contributed by atoms with Crippen LogP contribution in [0.3, 0.4) is 0 Å². The van der Waals surface area contributed by atoms with Crippen molar-refractivity contribution in [3.8, 4) is 0 Å².